The second-order valence-electron chi connectivity index (χ2n) is 4.58. The maximum absolute atomic E-state index is 12.8. The molecule has 0 radical (unpaired) electrons. The molecule has 94 valence electrons. The zero-order chi connectivity index (χ0) is 12.1. The first-order valence-corrected chi connectivity index (χ1v) is 6.30. The summed E-state index contributed by atoms with van der Waals surface area (Å²) >= 11 is 0. The van der Waals surface area contributed by atoms with Crippen molar-refractivity contribution in [1.82, 2.24) is 15.2 Å². The van der Waals surface area contributed by atoms with Crippen LogP contribution in [0.1, 0.15) is 31.0 Å². The summed E-state index contributed by atoms with van der Waals surface area (Å²) in [5.74, 6) is -0.275. The summed E-state index contributed by atoms with van der Waals surface area (Å²) in [6, 6.07) is 3.46. The lowest BCUT2D eigenvalue weighted by Gasteiger charge is -2.20. The molecular weight excluding hydrogens is 217 g/mol. The summed E-state index contributed by atoms with van der Waals surface area (Å²) in [6.45, 7) is 3.52. The summed E-state index contributed by atoms with van der Waals surface area (Å²) in [6.07, 6.45) is 4.95. The third-order valence-corrected chi connectivity index (χ3v) is 3.39. The first-order valence-electron chi connectivity index (χ1n) is 6.30. The molecule has 1 unspecified atom stereocenters. The molecule has 1 saturated heterocycles. The Balaban J connectivity index is 1.89. The predicted molar refractivity (Wildman–Crippen MR) is 66.3 cm³/mol. The van der Waals surface area contributed by atoms with Crippen LogP contribution in [0.4, 0.5) is 4.39 Å². The molecule has 17 heavy (non-hydrogen) atoms. The largest absolute Gasteiger partial charge is 0.312 e. The molecule has 0 aliphatic carbocycles. The maximum Gasteiger partial charge on any atom is 0.141 e. The number of nitrogens with zero attached hydrogens (tertiary/aromatic N) is 2. The van der Waals surface area contributed by atoms with Crippen molar-refractivity contribution >= 4 is 0 Å². The monoisotopic (exact) mass is 237 g/mol. The first-order chi connectivity index (χ1) is 8.29. The average Bonchev–Trinajstić information content (AvgIpc) is 2.85. The van der Waals surface area contributed by atoms with Crippen LogP contribution in [-0.4, -0.2) is 36.6 Å². The van der Waals surface area contributed by atoms with Gasteiger partial charge in [-0.15, -0.1) is 0 Å². The molecule has 1 atom stereocenters. The van der Waals surface area contributed by atoms with Crippen molar-refractivity contribution in [3.05, 3.63) is 29.8 Å². The van der Waals surface area contributed by atoms with Crippen LogP contribution in [0, 0.1) is 5.82 Å². The summed E-state index contributed by atoms with van der Waals surface area (Å²) in [5.41, 5.74) is 0.924. The van der Waals surface area contributed by atoms with E-state index in [1.54, 1.807) is 6.07 Å². The van der Waals surface area contributed by atoms with Crippen LogP contribution < -0.4 is 5.32 Å². The molecule has 4 heteroatoms. The highest BCUT2D eigenvalue weighted by molar-refractivity contribution is 5.09. The van der Waals surface area contributed by atoms with Gasteiger partial charge in [-0.3, -0.25) is 4.98 Å². The normalized spacial score (nSPS) is 18.5. The Hall–Kier alpha value is -1.00. The predicted octanol–water partition coefficient (Wildman–Crippen LogP) is 1.97. The molecule has 2 rings (SSSR count). The molecule has 0 amide bonds. The molecule has 1 aliphatic heterocycles. The van der Waals surface area contributed by atoms with Crippen LogP contribution in [0.5, 0.6) is 0 Å². The fourth-order valence-corrected chi connectivity index (χ4v) is 2.35. The van der Waals surface area contributed by atoms with E-state index in [-0.39, 0.29) is 11.9 Å². The van der Waals surface area contributed by atoms with Crippen molar-refractivity contribution in [3.63, 3.8) is 0 Å². The van der Waals surface area contributed by atoms with Crippen molar-refractivity contribution in [2.75, 3.05) is 26.7 Å². The summed E-state index contributed by atoms with van der Waals surface area (Å²) in [5, 5.41) is 3.25. The first kappa shape index (κ1) is 12.5. The molecule has 1 aromatic rings. The van der Waals surface area contributed by atoms with Gasteiger partial charge in [-0.25, -0.2) is 4.39 Å². The molecule has 1 fully saturated rings. The molecule has 0 aromatic carbocycles. The summed E-state index contributed by atoms with van der Waals surface area (Å²) in [4.78, 5) is 6.62. The highest BCUT2D eigenvalue weighted by Gasteiger charge is 2.15. The number of nitrogens with one attached hydrogen (secondary N) is 1. The molecule has 0 saturated carbocycles. The number of hydrogen-bond donors (Lipinski definition) is 1. The van der Waals surface area contributed by atoms with E-state index in [1.165, 1.54) is 38.2 Å². The molecule has 1 N–H and O–H groups in total. The number of likely N-dealkylation sites (tertiary alicyclic amines) is 1. The van der Waals surface area contributed by atoms with Gasteiger partial charge in [-0.2, -0.15) is 0 Å². The van der Waals surface area contributed by atoms with E-state index in [1.807, 2.05) is 7.05 Å². The van der Waals surface area contributed by atoms with E-state index in [0.29, 0.717) is 0 Å². The highest BCUT2D eigenvalue weighted by Crippen LogP contribution is 2.16. The van der Waals surface area contributed by atoms with Gasteiger partial charge in [0.1, 0.15) is 5.82 Å². The average molecular weight is 237 g/mol. The quantitative estimate of drug-likeness (QED) is 0.848. The number of halogens is 1. The fourth-order valence-electron chi connectivity index (χ4n) is 2.35. The molecule has 2 heterocycles. The zero-order valence-corrected chi connectivity index (χ0v) is 10.3. The van der Waals surface area contributed by atoms with Gasteiger partial charge in [0.15, 0.2) is 0 Å². The third kappa shape index (κ3) is 3.48. The van der Waals surface area contributed by atoms with Crippen molar-refractivity contribution in [1.29, 1.82) is 0 Å². The number of aromatic nitrogens is 1. The van der Waals surface area contributed by atoms with Gasteiger partial charge in [-0.05, 0) is 58.1 Å². The highest BCUT2D eigenvalue weighted by atomic mass is 19.1. The van der Waals surface area contributed by atoms with Crippen LogP contribution in [0.25, 0.3) is 0 Å². The molecular formula is C13H20FN3. The number of pyridine rings is 1. The molecule has 1 aromatic heterocycles. The van der Waals surface area contributed by atoms with E-state index < -0.39 is 0 Å². The lowest BCUT2D eigenvalue weighted by atomic mass is 10.1. The van der Waals surface area contributed by atoms with Crippen LogP contribution in [0.2, 0.25) is 0 Å². The van der Waals surface area contributed by atoms with Gasteiger partial charge in [0.2, 0.25) is 0 Å². The van der Waals surface area contributed by atoms with Gasteiger partial charge < -0.3 is 10.2 Å². The second kappa shape index (κ2) is 6.07. The Morgan fingerprint density at radius 1 is 1.41 bits per heavy atom. The Bertz CT molecular complexity index is 333. The Morgan fingerprint density at radius 2 is 2.18 bits per heavy atom. The van der Waals surface area contributed by atoms with Crippen LogP contribution in [-0.2, 0) is 0 Å². The van der Waals surface area contributed by atoms with Crippen LogP contribution in [0.3, 0.4) is 0 Å². The third-order valence-electron chi connectivity index (χ3n) is 3.39. The fraction of sp³-hybridized carbons (Fsp3) is 0.615. The zero-order valence-electron chi connectivity index (χ0n) is 10.3. The van der Waals surface area contributed by atoms with Crippen molar-refractivity contribution in [3.8, 4) is 0 Å². The van der Waals surface area contributed by atoms with Gasteiger partial charge in [0, 0.05) is 0 Å². The Labute approximate surface area is 102 Å². The minimum absolute atomic E-state index is 0.219. The SMILES string of the molecule is CNC(CCN1CCCC1)c1ccc(F)cn1. The standard InChI is InChI=1S/C13H20FN3/c1-15-12(6-9-17-7-2-3-8-17)13-5-4-11(14)10-16-13/h4-5,10,12,15H,2-3,6-9H2,1H3. The lowest BCUT2D eigenvalue weighted by Crippen LogP contribution is -2.26. The Morgan fingerprint density at radius 3 is 2.76 bits per heavy atom. The van der Waals surface area contributed by atoms with E-state index in [4.69, 9.17) is 0 Å². The lowest BCUT2D eigenvalue weighted by molar-refractivity contribution is 0.312. The molecule has 0 bridgehead atoms. The Kier molecular flexibility index (Phi) is 4.45. The molecule has 3 nitrogen and oxygen atoms in total. The van der Waals surface area contributed by atoms with Crippen molar-refractivity contribution in [2.24, 2.45) is 0 Å². The maximum atomic E-state index is 12.8. The van der Waals surface area contributed by atoms with Gasteiger partial charge in [0.25, 0.3) is 0 Å². The number of rotatable bonds is 5. The molecule has 1 aliphatic rings. The van der Waals surface area contributed by atoms with E-state index in [2.05, 4.69) is 15.2 Å². The van der Waals surface area contributed by atoms with Crippen molar-refractivity contribution < 1.29 is 4.39 Å². The summed E-state index contributed by atoms with van der Waals surface area (Å²) < 4.78 is 12.8. The second-order valence-corrected chi connectivity index (χ2v) is 4.58. The minimum atomic E-state index is -0.275. The van der Waals surface area contributed by atoms with E-state index in [0.717, 1.165) is 18.7 Å². The smallest absolute Gasteiger partial charge is 0.141 e. The number of hydrogen-bond acceptors (Lipinski definition) is 3. The van der Waals surface area contributed by atoms with Crippen LogP contribution in [0.15, 0.2) is 18.3 Å². The summed E-state index contributed by atoms with van der Waals surface area (Å²) in [7, 11) is 1.93. The van der Waals surface area contributed by atoms with Crippen molar-refractivity contribution in [2.45, 2.75) is 25.3 Å². The van der Waals surface area contributed by atoms with Gasteiger partial charge in [-0.1, -0.05) is 0 Å². The van der Waals surface area contributed by atoms with Crippen LogP contribution >= 0.6 is 0 Å². The minimum Gasteiger partial charge on any atom is -0.312 e. The van der Waals surface area contributed by atoms with Gasteiger partial charge >= 0.3 is 0 Å². The van der Waals surface area contributed by atoms with E-state index >= 15 is 0 Å². The van der Waals surface area contributed by atoms with E-state index in [9.17, 15) is 4.39 Å². The van der Waals surface area contributed by atoms with Gasteiger partial charge in [0.05, 0.1) is 17.9 Å². The molecule has 0 spiro atoms. The topological polar surface area (TPSA) is 28.2 Å².